The Bertz CT molecular complexity index is 473. The zero-order valence-corrected chi connectivity index (χ0v) is 11.4. The summed E-state index contributed by atoms with van der Waals surface area (Å²) in [6.45, 7) is 5.80. The van der Waals surface area contributed by atoms with Crippen molar-refractivity contribution in [1.29, 1.82) is 0 Å². The average molecular weight is 266 g/mol. The Balaban J connectivity index is 2.57. The molecule has 0 saturated heterocycles. The van der Waals surface area contributed by atoms with E-state index < -0.39 is 5.82 Å². The highest BCUT2D eigenvalue weighted by atomic mass is 19.1. The molecule has 1 aromatic carbocycles. The highest BCUT2D eigenvalue weighted by molar-refractivity contribution is 5.99. The van der Waals surface area contributed by atoms with Gasteiger partial charge in [0.25, 0.3) is 0 Å². The monoisotopic (exact) mass is 266 g/mol. The molecule has 5 heteroatoms. The van der Waals surface area contributed by atoms with Crippen molar-refractivity contribution in [3.8, 4) is 0 Å². The summed E-state index contributed by atoms with van der Waals surface area (Å²) in [6.07, 6.45) is 0. The Labute approximate surface area is 112 Å². The van der Waals surface area contributed by atoms with Gasteiger partial charge in [-0.25, -0.2) is 4.39 Å². The highest BCUT2D eigenvalue weighted by Crippen LogP contribution is 2.19. The lowest BCUT2D eigenvalue weighted by molar-refractivity contribution is -0.123. The molecule has 1 aromatic rings. The fourth-order valence-corrected chi connectivity index (χ4v) is 1.62. The Morgan fingerprint density at radius 1 is 1.26 bits per heavy atom. The minimum atomic E-state index is -0.538. The van der Waals surface area contributed by atoms with Crippen molar-refractivity contribution in [2.24, 2.45) is 5.92 Å². The average Bonchev–Trinajstić information content (AvgIpc) is 2.33. The van der Waals surface area contributed by atoms with E-state index in [0.717, 1.165) is 0 Å². The van der Waals surface area contributed by atoms with Crippen LogP contribution in [-0.4, -0.2) is 24.8 Å². The second-order valence-electron chi connectivity index (χ2n) is 4.59. The van der Waals surface area contributed by atoms with E-state index >= 15 is 0 Å². The minimum absolute atomic E-state index is 0.0344. The maximum atomic E-state index is 13.5. The number of rotatable bonds is 6. The van der Waals surface area contributed by atoms with Crippen molar-refractivity contribution in [3.63, 3.8) is 0 Å². The predicted octanol–water partition coefficient (Wildman–Crippen LogP) is 2.21. The summed E-state index contributed by atoms with van der Waals surface area (Å²) in [7, 11) is 0. The van der Waals surface area contributed by atoms with Gasteiger partial charge in [-0.3, -0.25) is 9.59 Å². The van der Waals surface area contributed by atoms with Crippen LogP contribution in [0.15, 0.2) is 18.2 Å². The summed E-state index contributed by atoms with van der Waals surface area (Å²) in [5.74, 6) is -0.967. The molecule has 0 heterocycles. The van der Waals surface area contributed by atoms with Crippen LogP contribution < -0.4 is 10.6 Å². The van der Waals surface area contributed by atoms with Crippen molar-refractivity contribution in [3.05, 3.63) is 29.6 Å². The van der Waals surface area contributed by atoms with Crippen molar-refractivity contribution in [2.45, 2.75) is 20.8 Å². The van der Waals surface area contributed by atoms with Crippen LogP contribution in [0, 0.1) is 11.7 Å². The van der Waals surface area contributed by atoms with Crippen molar-refractivity contribution in [1.82, 2.24) is 5.32 Å². The van der Waals surface area contributed by atoms with E-state index in [2.05, 4.69) is 10.6 Å². The van der Waals surface area contributed by atoms with Gasteiger partial charge in [0.05, 0.1) is 5.56 Å². The smallest absolute Gasteiger partial charge is 0.222 e. The molecule has 0 aliphatic carbocycles. The van der Waals surface area contributed by atoms with E-state index in [0.29, 0.717) is 18.8 Å². The molecule has 4 nitrogen and oxygen atoms in total. The number of nitrogens with one attached hydrogen (secondary N) is 2. The Morgan fingerprint density at radius 3 is 2.53 bits per heavy atom. The number of carbonyl (C=O) groups is 2. The van der Waals surface area contributed by atoms with E-state index in [1.165, 1.54) is 19.1 Å². The number of hydrogen-bond donors (Lipinski definition) is 2. The molecule has 1 rings (SSSR count). The second kappa shape index (κ2) is 6.87. The fraction of sp³-hybridized carbons (Fsp3) is 0.429. The summed E-state index contributed by atoms with van der Waals surface area (Å²) in [5, 5.41) is 5.69. The summed E-state index contributed by atoms with van der Waals surface area (Å²) in [6, 6.07) is 4.43. The summed E-state index contributed by atoms with van der Waals surface area (Å²) in [4.78, 5) is 22.7. The molecule has 0 atom stereocenters. The van der Waals surface area contributed by atoms with Gasteiger partial charge in [-0.05, 0) is 19.1 Å². The van der Waals surface area contributed by atoms with Gasteiger partial charge in [-0.15, -0.1) is 0 Å². The molecule has 19 heavy (non-hydrogen) atoms. The molecule has 1 amide bonds. The summed E-state index contributed by atoms with van der Waals surface area (Å²) < 4.78 is 13.5. The number of ketones is 1. The number of anilines is 1. The molecule has 0 aliphatic rings. The van der Waals surface area contributed by atoms with Gasteiger partial charge in [0, 0.05) is 24.7 Å². The molecule has 0 unspecified atom stereocenters. The van der Waals surface area contributed by atoms with Gasteiger partial charge in [0.1, 0.15) is 5.82 Å². The Morgan fingerprint density at radius 2 is 1.95 bits per heavy atom. The van der Waals surface area contributed by atoms with Crippen LogP contribution >= 0.6 is 0 Å². The molecule has 0 saturated carbocycles. The van der Waals surface area contributed by atoms with Crippen molar-refractivity contribution < 1.29 is 14.0 Å². The lowest BCUT2D eigenvalue weighted by atomic mass is 10.1. The maximum absolute atomic E-state index is 13.5. The summed E-state index contributed by atoms with van der Waals surface area (Å²) >= 11 is 0. The van der Waals surface area contributed by atoms with Crippen LogP contribution in [0.5, 0.6) is 0 Å². The zero-order chi connectivity index (χ0) is 14.4. The van der Waals surface area contributed by atoms with Crippen LogP contribution in [-0.2, 0) is 4.79 Å². The summed E-state index contributed by atoms with van der Waals surface area (Å²) in [5.41, 5.74) is 0.504. The first-order valence-corrected chi connectivity index (χ1v) is 6.24. The number of carbonyl (C=O) groups excluding carboxylic acids is 2. The third-order valence-corrected chi connectivity index (χ3v) is 2.63. The van der Waals surface area contributed by atoms with E-state index in [-0.39, 0.29) is 23.2 Å². The third-order valence-electron chi connectivity index (χ3n) is 2.63. The normalized spacial score (nSPS) is 10.4. The fourth-order valence-electron chi connectivity index (χ4n) is 1.62. The van der Waals surface area contributed by atoms with Crippen LogP contribution in [0.3, 0.4) is 0 Å². The van der Waals surface area contributed by atoms with Crippen LogP contribution in [0.25, 0.3) is 0 Å². The number of Topliss-reactive ketones (excluding diaryl/α,β-unsaturated/α-hetero) is 1. The van der Waals surface area contributed by atoms with Gasteiger partial charge < -0.3 is 10.6 Å². The number of halogens is 1. The number of hydrogen-bond acceptors (Lipinski definition) is 3. The molecule has 0 aromatic heterocycles. The lowest BCUT2D eigenvalue weighted by Crippen LogP contribution is -2.32. The standard InChI is InChI=1S/C14H19FN2O2/c1-9(2)14(19)17-8-7-16-12-6-4-5-11(15)13(12)10(3)18/h4-6,9,16H,7-8H2,1-3H3,(H,17,19). The lowest BCUT2D eigenvalue weighted by Gasteiger charge is -2.12. The highest BCUT2D eigenvalue weighted by Gasteiger charge is 2.12. The van der Waals surface area contributed by atoms with Gasteiger partial charge in [0.2, 0.25) is 5.91 Å². The minimum Gasteiger partial charge on any atom is -0.383 e. The molecular formula is C14H19FN2O2. The van der Waals surface area contributed by atoms with Crippen LogP contribution in [0.4, 0.5) is 10.1 Å². The predicted molar refractivity (Wildman–Crippen MR) is 72.7 cm³/mol. The molecule has 104 valence electrons. The SMILES string of the molecule is CC(=O)c1c(F)cccc1NCCNC(=O)C(C)C. The van der Waals surface area contributed by atoms with Gasteiger partial charge >= 0.3 is 0 Å². The third kappa shape index (κ3) is 4.35. The van der Waals surface area contributed by atoms with Crippen molar-refractivity contribution in [2.75, 3.05) is 18.4 Å². The first-order chi connectivity index (χ1) is 8.93. The molecule has 0 fully saturated rings. The Hall–Kier alpha value is -1.91. The van der Waals surface area contributed by atoms with E-state index in [1.807, 2.05) is 13.8 Å². The molecule has 0 bridgehead atoms. The van der Waals surface area contributed by atoms with E-state index in [1.54, 1.807) is 6.07 Å². The van der Waals surface area contributed by atoms with Crippen molar-refractivity contribution >= 4 is 17.4 Å². The number of benzene rings is 1. The van der Waals surface area contributed by atoms with Gasteiger partial charge in [-0.1, -0.05) is 19.9 Å². The Kier molecular flexibility index (Phi) is 5.48. The molecule has 0 aliphatic heterocycles. The molecule has 2 N–H and O–H groups in total. The maximum Gasteiger partial charge on any atom is 0.222 e. The van der Waals surface area contributed by atoms with Crippen LogP contribution in [0.1, 0.15) is 31.1 Å². The van der Waals surface area contributed by atoms with E-state index in [4.69, 9.17) is 0 Å². The molecule has 0 spiro atoms. The van der Waals surface area contributed by atoms with Gasteiger partial charge in [-0.2, -0.15) is 0 Å². The van der Waals surface area contributed by atoms with Gasteiger partial charge in [0.15, 0.2) is 5.78 Å². The quantitative estimate of drug-likeness (QED) is 0.613. The number of amides is 1. The second-order valence-corrected chi connectivity index (χ2v) is 4.59. The first-order valence-electron chi connectivity index (χ1n) is 6.24. The first kappa shape index (κ1) is 15.1. The van der Waals surface area contributed by atoms with Crippen LogP contribution in [0.2, 0.25) is 0 Å². The molecule has 0 radical (unpaired) electrons. The zero-order valence-electron chi connectivity index (χ0n) is 11.4. The topological polar surface area (TPSA) is 58.2 Å². The largest absolute Gasteiger partial charge is 0.383 e. The van der Waals surface area contributed by atoms with E-state index in [9.17, 15) is 14.0 Å². The molecular weight excluding hydrogens is 247 g/mol.